The summed E-state index contributed by atoms with van der Waals surface area (Å²) in [6.07, 6.45) is 1.63. The Morgan fingerprint density at radius 2 is 2.06 bits per heavy atom. The molecule has 0 fully saturated rings. The third kappa shape index (κ3) is 1.94. The molecule has 0 bridgehead atoms. The Morgan fingerprint density at radius 1 is 1.25 bits per heavy atom. The number of aromatic nitrogens is 1. The fourth-order valence-electron chi connectivity index (χ4n) is 1.63. The quantitative estimate of drug-likeness (QED) is 0.789. The summed E-state index contributed by atoms with van der Waals surface area (Å²) >= 11 is 0. The monoisotopic (exact) mass is 217 g/mol. The Morgan fingerprint density at radius 3 is 2.62 bits per heavy atom. The standard InChI is InChI=1S/C13H15NO2/c1-9(2)10-4-5-11(13(8-10)15-3)12-6-7-14-16-12/h4-9H,1-3H3. The van der Waals surface area contributed by atoms with Gasteiger partial charge in [0.15, 0.2) is 5.76 Å². The van der Waals surface area contributed by atoms with E-state index in [-0.39, 0.29) is 0 Å². The zero-order chi connectivity index (χ0) is 11.5. The third-order valence-electron chi connectivity index (χ3n) is 2.60. The van der Waals surface area contributed by atoms with Gasteiger partial charge in [0.1, 0.15) is 5.75 Å². The van der Waals surface area contributed by atoms with Crippen molar-refractivity contribution >= 4 is 0 Å². The van der Waals surface area contributed by atoms with Crippen molar-refractivity contribution in [3.05, 3.63) is 36.0 Å². The van der Waals surface area contributed by atoms with Crippen LogP contribution < -0.4 is 4.74 Å². The maximum absolute atomic E-state index is 5.37. The summed E-state index contributed by atoms with van der Waals surface area (Å²) in [5.41, 5.74) is 2.18. The maximum Gasteiger partial charge on any atom is 0.170 e. The molecule has 0 N–H and O–H groups in total. The highest BCUT2D eigenvalue weighted by Gasteiger charge is 2.11. The number of ether oxygens (including phenoxy) is 1. The summed E-state index contributed by atoms with van der Waals surface area (Å²) in [6, 6.07) is 7.97. The molecule has 0 saturated heterocycles. The molecule has 0 saturated carbocycles. The van der Waals surface area contributed by atoms with Crippen LogP contribution >= 0.6 is 0 Å². The van der Waals surface area contributed by atoms with Crippen molar-refractivity contribution < 1.29 is 9.26 Å². The molecule has 0 aliphatic rings. The summed E-state index contributed by atoms with van der Waals surface area (Å²) in [7, 11) is 1.67. The molecule has 1 heterocycles. The van der Waals surface area contributed by atoms with Gasteiger partial charge in [0.2, 0.25) is 0 Å². The van der Waals surface area contributed by atoms with E-state index in [2.05, 4.69) is 25.1 Å². The van der Waals surface area contributed by atoms with Gasteiger partial charge in [-0.25, -0.2) is 0 Å². The van der Waals surface area contributed by atoms with Gasteiger partial charge in [-0.1, -0.05) is 25.1 Å². The van der Waals surface area contributed by atoms with E-state index < -0.39 is 0 Å². The molecule has 0 atom stereocenters. The molecule has 0 aliphatic carbocycles. The zero-order valence-electron chi connectivity index (χ0n) is 9.73. The first-order chi connectivity index (χ1) is 7.72. The summed E-state index contributed by atoms with van der Waals surface area (Å²) in [5.74, 6) is 2.03. The molecular formula is C13H15NO2. The molecule has 0 unspecified atom stereocenters. The van der Waals surface area contributed by atoms with E-state index in [0.717, 1.165) is 17.1 Å². The van der Waals surface area contributed by atoms with Gasteiger partial charge in [0.05, 0.1) is 18.9 Å². The van der Waals surface area contributed by atoms with Gasteiger partial charge in [-0.05, 0) is 23.6 Å². The van der Waals surface area contributed by atoms with Crippen molar-refractivity contribution in [3.63, 3.8) is 0 Å². The number of hydrogen-bond acceptors (Lipinski definition) is 3. The van der Waals surface area contributed by atoms with Crippen molar-refractivity contribution in [1.82, 2.24) is 5.16 Å². The molecule has 0 amide bonds. The highest BCUT2D eigenvalue weighted by molar-refractivity contribution is 5.66. The minimum Gasteiger partial charge on any atom is -0.496 e. The summed E-state index contributed by atoms with van der Waals surface area (Å²) in [6.45, 7) is 4.31. The van der Waals surface area contributed by atoms with Gasteiger partial charge < -0.3 is 9.26 Å². The fourth-order valence-corrected chi connectivity index (χ4v) is 1.63. The Bertz CT molecular complexity index is 461. The lowest BCUT2D eigenvalue weighted by Gasteiger charge is -2.10. The molecule has 2 rings (SSSR count). The summed E-state index contributed by atoms with van der Waals surface area (Å²) in [4.78, 5) is 0. The van der Waals surface area contributed by atoms with Gasteiger partial charge in [-0.2, -0.15) is 0 Å². The van der Waals surface area contributed by atoms with Crippen LogP contribution in [0.15, 0.2) is 35.0 Å². The van der Waals surface area contributed by atoms with E-state index in [1.807, 2.05) is 18.2 Å². The number of hydrogen-bond donors (Lipinski definition) is 0. The molecule has 0 spiro atoms. The van der Waals surface area contributed by atoms with Crippen molar-refractivity contribution in [2.75, 3.05) is 7.11 Å². The predicted octanol–water partition coefficient (Wildman–Crippen LogP) is 3.47. The predicted molar refractivity (Wildman–Crippen MR) is 62.6 cm³/mol. The van der Waals surface area contributed by atoms with E-state index in [1.165, 1.54) is 5.56 Å². The normalized spacial score (nSPS) is 10.8. The zero-order valence-corrected chi connectivity index (χ0v) is 9.73. The molecule has 0 radical (unpaired) electrons. The molecule has 1 aromatic heterocycles. The van der Waals surface area contributed by atoms with Crippen LogP contribution in [-0.2, 0) is 0 Å². The van der Waals surface area contributed by atoms with E-state index >= 15 is 0 Å². The molecule has 84 valence electrons. The van der Waals surface area contributed by atoms with Crippen molar-refractivity contribution in [2.45, 2.75) is 19.8 Å². The Balaban J connectivity index is 2.47. The lowest BCUT2D eigenvalue weighted by Crippen LogP contribution is -1.92. The second kappa shape index (κ2) is 4.39. The third-order valence-corrected chi connectivity index (χ3v) is 2.60. The minimum absolute atomic E-state index is 0.484. The SMILES string of the molecule is COc1cc(C(C)C)ccc1-c1ccno1. The molecular weight excluding hydrogens is 202 g/mol. The van der Waals surface area contributed by atoms with Crippen LogP contribution in [-0.4, -0.2) is 12.3 Å². The Kier molecular flexibility index (Phi) is 2.95. The lowest BCUT2D eigenvalue weighted by molar-refractivity contribution is 0.405. The van der Waals surface area contributed by atoms with Crippen LogP contribution in [0, 0.1) is 0 Å². The van der Waals surface area contributed by atoms with Gasteiger partial charge >= 0.3 is 0 Å². The minimum atomic E-state index is 0.484. The van der Waals surface area contributed by atoms with Crippen molar-refractivity contribution in [3.8, 4) is 17.1 Å². The van der Waals surface area contributed by atoms with Crippen molar-refractivity contribution in [1.29, 1.82) is 0 Å². The van der Waals surface area contributed by atoms with Gasteiger partial charge in [-0.15, -0.1) is 0 Å². The molecule has 3 nitrogen and oxygen atoms in total. The molecule has 16 heavy (non-hydrogen) atoms. The first-order valence-corrected chi connectivity index (χ1v) is 5.31. The van der Waals surface area contributed by atoms with Crippen LogP contribution in [0.1, 0.15) is 25.3 Å². The summed E-state index contributed by atoms with van der Waals surface area (Å²) in [5, 5.41) is 3.70. The smallest absolute Gasteiger partial charge is 0.170 e. The van der Waals surface area contributed by atoms with Crippen LogP contribution in [0.3, 0.4) is 0 Å². The molecule has 0 aliphatic heterocycles. The van der Waals surface area contributed by atoms with Crippen LogP contribution in [0.2, 0.25) is 0 Å². The van der Waals surface area contributed by atoms with E-state index in [1.54, 1.807) is 13.3 Å². The molecule has 2 aromatic rings. The number of methoxy groups -OCH3 is 1. The number of rotatable bonds is 3. The number of nitrogens with zero attached hydrogens (tertiary/aromatic N) is 1. The van der Waals surface area contributed by atoms with Crippen LogP contribution in [0.25, 0.3) is 11.3 Å². The van der Waals surface area contributed by atoms with Gasteiger partial charge in [-0.3, -0.25) is 0 Å². The second-order valence-corrected chi connectivity index (χ2v) is 3.99. The van der Waals surface area contributed by atoms with Crippen LogP contribution in [0.5, 0.6) is 5.75 Å². The van der Waals surface area contributed by atoms with Crippen LogP contribution in [0.4, 0.5) is 0 Å². The summed E-state index contributed by atoms with van der Waals surface area (Å²) < 4.78 is 10.5. The lowest BCUT2D eigenvalue weighted by atomic mass is 10.00. The average molecular weight is 217 g/mol. The van der Waals surface area contributed by atoms with E-state index in [9.17, 15) is 0 Å². The largest absolute Gasteiger partial charge is 0.496 e. The first kappa shape index (κ1) is 10.7. The highest BCUT2D eigenvalue weighted by atomic mass is 16.5. The maximum atomic E-state index is 5.37. The van der Waals surface area contributed by atoms with Gasteiger partial charge in [0, 0.05) is 6.07 Å². The van der Waals surface area contributed by atoms with E-state index in [4.69, 9.17) is 9.26 Å². The van der Waals surface area contributed by atoms with Gasteiger partial charge in [0.25, 0.3) is 0 Å². The second-order valence-electron chi connectivity index (χ2n) is 3.99. The van der Waals surface area contributed by atoms with Crippen molar-refractivity contribution in [2.24, 2.45) is 0 Å². The number of benzene rings is 1. The first-order valence-electron chi connectivity index (χ1n) is 5.31. The average Bonchev–Trinajstić information content (AvgIpc) is 2.81. The molecule has 1 aromatic carbocycles. The Hall–Kier alpha value is -1.77. The van der Waals surface area contributed by atoms with E-state index in [0.29, 0.717) is 5.92 Å². The Labute approximate surface area is 95.0 Å². The topological polar surface area (TPSA) is 35.3 Å². The highest BCUT2D eigenvalue weighted by Crippen LogP contribution is 2.32. The molecule has 3 heteroatoms. The fraction of sp³-hybridized carbons (Fsp3) is 0.308.